The average Bonchev–Trinajstić information content (AvgIpc) is 3.30. The van der Waals surface area contributed by atoms with Crippen molar-refractivity contribution in [1.29, 1.82) is 0 Å². The number of hydrogen-bond acceptors (Lipinski definition) is 6. The molecule has 3 amide bonds. The lowest BCUT2D eigenvalue weighted by Crippen LogP contribution is -2.51. The molecule has 5 N–H and O–H groups in total. The maximum absolute atomic E-state index is 12.3. The summed E-state index contributed by atoms with van der Waals surface area (Å²) in [5.74, 6) is 4.96. The third-order valence-corrected chi connectivity index (χ3v) is 5.90. The average molecular weight is 509 g/mol. The van der Waals surface area contributed by atoms with E-state index < -0.39 is 24.0 Å². The van der Waals surface area contributed by atoms with Gasteiger partial charge in [-0.05, 0) is 68.3 Å². The Balaban J connectivity index is 0.00000481. The zero-order valence-corrected chi connectivity index (χ0v) is 20.3. The van der Waals surface area contributed by atoms with Crippen molar-refractivity contribution < 1.29 is 24.7 Å². The Labute approximate surface area is 218 Å². The molecule has 198 valence electrons. The number of benzene rings is 2. The number of amides is 3. The van der Waals surface area contributed by atoms with Gasteiger partial charge in [-0.1, -0.05) is 31.4 Å². The number of nitrogens with one attached hydrogen (secondary N) is 3. The molecule has 2 aromatic carbocycles. The smallest absolute Gasteiger partial charge is 0.268 e. The van der Waals surface area contributed by atoms with E-state index in [1.165, 1.54) is 12.4 Å². The first-order valence-electron chi connectivity index (χ1n) is 12.0. The molecule has 37 heavy (non-hydrogen) atoms. The van der Waals surface area contributed by atoms with Gasteiger partial charge in [0.2, 0.25) is 5.91 Å². The number of carbonyl (C=O) groups excluding carboxylic acids is 3. The van der Waals surface area contributed by atoms with Crippen LogP contribution in [0.5, 0.6) is 0 Å². The van der Waals surface area contributed by atoms with Crippen molar-refractivity contribution in [2.24, 2.45) is 0 Å². The van der Waals surface area contributed by atoms with E-state index in [0.29, 0.717) is 17.5 Å². The van der Waals surface area contributed by atoms with Crippen LogP contribution < -0.4 is 16.1 Å². The van der Waals surface area contributed by atoms with Gasteiger partial charge in [0.1, 0.15) is 6.04 Å². The molecule has 3 rings (SSSR count). The van der Waals surface area contributed by atoms with Gasteiger partial charge < -0.3 is 20.6 Å². The maximum atomic E-state index is 12.3. The van der Waals surface area contributed by atoms with Crippen molar-refractivity contribution in [2.45, 2.75) is 52.3 Å². The lowest BCUT2D eigenvalue weighted by molar-refractivity contribution is -0.133. The maximum Gasteiger partial charge on any atom is 0.268 e. The summed E-state index contributed by atoms with van der Waals surface area (Å²) in [6, 6.07) is 13.2. The molecule has 9 heteroatoms. The van der Waals surface area contributed by atoms with Crippen LogP contribution in [-0.4, -0.2) is 64.7 Å². The number of aliphatic hydroxyl groups is 1. The number of hydroxylamine groups is 1. The molecule has 0 unspecified atom stereocenters. The molecule has 1 aliphatic rings. The van der Waals surface area contributed by atoms with Gasteiger partial charge >= 0.3 is 0 Å². The summed E-state index contributed by atoms with van der Waals surface area (Å²) < 4.78 is 0. The van der Waals surface area contributed by atoms with Gasteiger partial charge in [-0.25, -0.2) is 5.48 Å². The van der Waals surface area contributed by atoms with Crippen LogP contribution in [0.2, 0.25) is 0 Å². The Hall–Kier alpha value is -3.71. The molecule has 0 aromatic heterocycles. The second-order valence-corrected chi connectivity index (χ2v) is 8.71. The number of rotatable bonds is 10. The van der Waals surface area contributed by atoms with Crippen LogP contribution in [-0.2, 0) is 16.1 Å². The van der Waals surface area contributed by atoms with E-state index in [1.54, 1.807) is 24.3 Å². The summed E-state index contributed by atoms with van der Waals surface area (Å²) in [6.45, 7) is 4.64. The third kappa shape index (κ3) is 9.03. The summed E-state index contributed by atoms with van der Waals surface area (Å²) in [5, 5.41) is 24.2. The van der Waals surface area contributed by atoms with Gasteiger partial charge in [0, 0.05) is 42.7 Å². The van der Waals surface area contributed by atoms with Crippen LogP contribution in [0.3, 0.4) is 0 Å². The van der Waals surface area contributed by atoms with Crippen molar-refractivity contribution in [3.63, 3.8) is 0 Å². The number of likely N-dealkylation sites (tertiary alicyclic amines) is 1. The SMILES string of the molecule is C.C[C@@H](O)[C@H](NC(=O)c1ccc(C#Cc2ccc(CNCCCN3CCCC3=O)cc2)cc1)C(=O)NO. The highest BCUT2D eigenvalue weighted by Gasteiger charge is 2.25. The lowest BCUT2D eigenvalue weighted by atomic mass is 10.1. The van der Waals surface area contributed by atoms with Gasteiger partial charge in [0.05, 0.1) is 6.10 Å². The topological polar surface area (TPSA) is 131 Å². The fourth-order valence-electron chi connectivity index (χ4n) is 3.82. The molecule has 1 saturated heterocycles. The Bertz CT molecular complexity index is 1100. The minimum absolute atomic E-state index is 0. The van der Waals surface area contributed by atoms with E-state index in [0.717, 1.165) is 50.1 Å². The molecule has 0 aliphatic carbocycles. The Kier molecular flexibility index (Phi) is 11.8. The van der Waals surface area contributed by atoms with Crippen LogP contribution in [0.4, 0.5) is 0 Å². The molecule has 0 saturated carbocycles. The molecule has 0 radical (unpaired) electrons. The second-order valence-electron chi connectivity index (χ2n) is 8.71. The highest BCUT2D eigenvalue weighted by Crippen LogP contribution is 2.10. The molecule has 0 spiro atoms. The zero-order chi connectivity index (χ0) is 25.9. The lowest BCUT2D eigenvalue weighted by Gasteiger charge is -2.19. The van der Waals surface area contributed by atoms with Crippen molar-refractivity contribution >= 4 is 17.7 Å². The van der Waals surface area contributed by atoms with Gasteiger partial charge in [-0.15, -0.1) is 0 Å². The Morgan fingerprint density at radius 2 is 1.68 bits per heavy atom. The number of hydrogen-bond donors (Lipinski definition) is 5. The van der Waals surface area contributed by atoms with Crippen molar-refractivity contribution in [3.8, 4) is 11.8 Å². The summed E-state index contributed by atoms with van der Waals surface area (Å²) in [4.78, 5) is 37.5. The molecule has 9 nitrogen and oxygen atoms in total. The van der Waals surface area contributed by atoms with Gasteiger partial charge in [0.25, 0.3) is 11.8 Å². The predicted octanol–water partition coefficient (Wildman–Crippen LogP) is 1.81. The van der Waals surface area contributed by atoms with Gasteiger partial charge in [0.15, 0.2) is 0 Å². The Morgan fingerprint density at radius 3 is 2.22 bits per heavy atom. The van der Waals surface area contributed by atoms with Crippen LogP contribution in [0.15, 0.2) is 48.5 Å². The van der Waals surface area contributed by atoms with E-state index >= 15 is 0 Å². The predicted molar refractivity (Wildman–Crippen MR) is 141 cm³/mol. The van der Waals surface area contributed by atoms with Gasteiger partial charge in [-0.3, -0.25) is 19.6 Å². The normalized spacial score (nSPS) is 14.1. The molecule has 0 bridgehead atoms. The van der Waals surface area contributed by atoms with E-state index in [1.807, 2.05) is 29.2 Å². The molecular weight excluding hydrogens is 472 g/mol. The highest BCUT2D eigenvalue weighted by molar-refractivity contribution is 5.97. The molecule has 2 atom stereocenters. The molecule has 2 aromatic rings. The standard InChI is InChI=1S/C27H32N4O5.CH4/c1-19(32)25(27(35)30-36)29-26(34)23-13-11-21(12-14-23)6-5-20-7-9-22(10-8-20)18-28-15-3-17-31-16-2-4-24(31)33;/h7-14,19,25,28,32,36H,2-4,15-18H2,1H3,(H,29,34)(H,30,35);1H4/t19-,25+;/m1./s1. The molecule has 1 fully saturated rings. The first-order chi connectivity index (χ1) is 17.4. The fraction of sp³-hybridized carbons (Fsp3) is 0.393. The number of aliphatic hydroxyl groups excluding tert-OH is 1. The van der Waals surface area contributed by atoms with Crippen LogP contribution in [0.25, 0.3) is 0 Å². The van der Waals surface area contributed by atoms with E-state index in [9.17, 15) is 19.5 Å². The zero-order valence-electron chi connectivity index (χ0n) is 20.3. The van der Waals surface area contributed by atoms with Crippen molar-refractivity contribution in [3.05, 3.63) is 70.8 Å². The van der Waals surface area contributed by atoms with Gasteiger partial charge in [-0.2, -0.15) is 0 Å². The van der Waals surface area contributed by atoms with Crippen LogP contribution >= 0.6 is 0 Å². The first-order valence-corrected chi connectivity index (χ1v) is 12.0. The molecule has 1 aliphatic heterocycles. The monoisotopic (exact) mass is 508 g/mol. The first kappa shape index (κ1) is 29.5. The van der Waals surface area contributed by atoms with Crippen LogP contribution in [0, 0.1) is 11.8 Å². The summed E-state index contributed by atoms with van der Waals surface area (Å²) in [7, 11) is 0. The molecular formula is C28H36N4O5. The van der Waals surface area contributed by atoms with Crippen molar-refractivity contribution in [1.82, 2.24) is 21.0 Å². The number of carbonyl (C=O) groups is 3. The minimum atomic E-state index is -1.28. The van der Waals surface area contributed by atoms with Crippen molar-refractivity contribution in [2.75, 3.05) is 19.6 Å². The quantitative estimate of drug-likeness (QED) is 0.144. The third-order valence-electron chi connectivity index (χ3n) is 5.90. The van der Waals surface area contributed by atoms with E-state index in [-0.39, 0.29) is 13.3 Å². The summed E-state index contributed by atoms with van der Waals surface area (Å²) in [6.07, 6.45) is 1.42. The second kappa shape index (κ2) is 14.8. The Morgan fingerprint density at radius 1 is 1.05 bits per heavy atom. The minimum Gasteiger partial charge on any atom is -0.391 e. The highest BCUT2D eigenvalue weighted by atomic mass is 16.5. The van der Waals surface area contributed by atoms with Crippen LogP contribution in [0.1, 0.15) is 60.7 Å². The summed E-state index contributed by atoms with van der Waals surface area (Å²) in [5.41, 5.74) is 4.45. The number of nitrogens with zero attached hydrogens (tertiary/aromatic N) is 1. The largest absolute Gasteiger partial charge is 0.391 e. The molecule has 1 heterocycles. The fourth-order valence-corrected chi connectivity index (χ4v) is 3.82. The van der Waals surface area contributed by atoms with E-state index in [4.69, 9.17) is 5.21 Å². The summed E-state index contributed by atoms with van der Waals surface area (Å²) >= 11 is 0. The van der Waals surface area contributed by atoms with E-state index in [2.05, 4.69) is 22.5 Å².